The Labute approximate surface area is 150 Å². The maximum Gasteiger partial charge on any atom is 0.317 e. The molecule has 4 heteroatoms. The molecule has 0 radical (unpaired) electrons. The number of rotatable bonds is 3. The highest BCUT2D eigenvalue weighted by atomic mass is 16.2. The summed E-state index contributed by atoms with van der Waals surface area (Å²) in [7, 11) is 0. The highest BCUT2D eigenvalue weighted by Gasteiger charge is 2.22. The maximum absolute atomic E-state index is 12.4. The molecule has 25 heavy (non-hydrogen) atoms. The van der Waals surface area contributed by atoms with Gasteiger partial charge in [-0.3, -0.25) is 0 Å². The average molecular weight is 337 g/mol. The maximum atomic E-state index is 12.4. The number of hydrogen-bond donors (Lipinski definition) is 1. The van der Waals surface area contributed by atoms with Crippen LogP contribution in [-0.2, 0) is 6.54 Å². The first-order valence-corrected chi connectivity index (χ1v) is 8.94. The van der Waals surface area contributed by atoms with Gasteiger partial charge in [-0.05, 0) is 37.5 Å². The molecule has 0 bridgehead atoms. The largest absolute Gasteiger partial charge is 0.368 e. The number of para-hydroxylation sites is 1. The number of nitrogens with zero attached hydrogens (tertiary/aromatic N) is 2. The zero-order valence-corrected chi connectivity index (χ0v) is 15.4. The first-order valence-electron chi connectivity index (χ1n) is 8.94. The topological polar surface area (TPSA) is 35.6 Å². The van der Waals surface area contributed by atoms with Crippen LogP contribution in [0.5, 0.6) is 0 Å². The van der Waals surface area contributed by atoms with Crippen LogP contribution in [0.4, 0.5) is 10.5 Å². The lowest BCUT2D eigenvalue weighted by atomic mass is 10.1. The zero-order chi connectivity index (χ0) is 17.8. The summed E-state index contributed by atoms with van der Waals surface area (Å²) in [4.78, 5) is 16.7. The molecule has 0 unspecified atom stereocenters. The number of benzene rings is 2. The van der Waals surface area contributed by atoms with Crippen LogP contribution in [0, 0.1) is 20.8 Å². The molecule has 0 aromatic heterocycles. The third-order valence-corrected chi connectivity index (χ3v) is 4.85. The molecule has 4 nitrogen and oxygen atoms in total. The molecule has 1 N–H and O–H groups in total. The fraction of sp³-hybridized carbons (Fsp3) is 0.381. The van der Waals surface area contributed by atoms with E-state index in [1.54, 1.807) is 0 Å². The third kappa shape index (κ3) is 4.13. The Bertz CT molecular complexity index is 728. The van der Waals surface area contributed by atoms with Crippen LogP contribution in [0.2, 0.25) is 0 Å². The Morgan fingerprint density at radius 3 is 2.24 bits per heavy atom. The van der Waals surface area contributed by atoms with E-state index < -0.39 is 0 Å². The van der Waals surface area contributed by atoms with E-state index in [0.717, 1.165) is 31.7 Å². The van der Waals surface area contributed by atoms with Crippen molar-refractivity contribution in [1.29, 1.82) is 0 Å². The summed E-state index contributed by atoms with van der Waals surface area (Å²) >= 11 is 0. The fourth-order valence-corrected chi connectivity index (χ4v) is 3.55. The van der Waals surface area contributed by atoms with Gasteiger partial charge in [0, 0.05) is 38.4 Å². The summed E-state index contributed by atoms with van der Waals surface area (Å²) < 4.78 is 0. The predicted molar refractivity (Wildman–Crippen MR) is 103 cm³/mol. The molecule has 2 aromatic rings. The lowest BCUT2D eigenvalue weighted by Crippen LogP contribution is -2.52. The molecule has 1 fully saturated rings. The number of carbonyl (C=O) groups excluding carboxylic acids is 1. The van der Waals surface area contributed by atoms with Crippen LogP contribution in [-0.4, -0.2) is 37.1 Å². The predicted octanol–water partition coefficient (Wildman–Crippen LogP) is 3.64. The van der Waals surface area contributed by atoms with Crippen LogP contribution in [0.3, 0.4) is 0 Å². The smallest absolute Gasteiger partial charge is 0.317 e. The Balaban J connectivity index is 1.54. The van der Waals surface area contributed by atoms with Crippen molar-refractivity contribution >= 4 is 11.7 Å². The van der Waals surface area contributed by atoms with Gasteiger partial charge < -0.3 is 15.1 Å². The van der Waals surface area contributed by atoms with Crippen LogP contribution in [0.25, 0.3) is 0 Å². The van der Waals surface area contributed by atoms with Crippen LogP contribution < -0.4 is 10.2 Å². The second kappa shape index (κ2) is 7.60. The van der Waals surface area contributed by atoms with Gasteiger partial charge in [0.1, 0.15) is 0 Å². The van der Waals surface area contributed by atoms with Gasteiger partial charge in [0.25, 0.3) is 0 Å². The average Bonchev–Trinajstić information content (AvgIpc) is 2.60. The van der Waals surface area contributed by atoms with Crippen molar-refractivity contribution in [2.24, 2.45) is 0 Å². The van der Waals surface area contributed by atoms with Crippen molar-refractivity contribution in [2.75, 3.05) is 31.1 Å². The van der Waals surface area contributed by atoms with Crippen molar-refractivity contribution in [1.82, 2.24) is 10.2 Å². The number of urea groups is 1. The molecule has 0 saturated carbocycles. The number of anilines is 1. The number of amides is 2. The second-order valence-corrected chi connectivity index (χ2v) is 6.86. The van der Waals surface area contributed by atoms with Crippen molar-refractivity contribution in [3.63, 3.8) is 0 Å². The van der Waals surface area contributed by atoms with E-state index in [1.165, 1.54) is 22.4 Å². The van der Waals surface area contributed by atoms with E-state index in [9.17, 15) is 4.79 Å². The van der Waals surface area contributed by atoms with E-state index in [1.807, 2.05) is 17.0 Å². The monoisotopic (exact) mass is 337 g/mol. The van der Waals surface area contributed by atoms with E-state index in [4.69, 9.17) is 0 Å². The van der Waals surface area contributed by atoms with Gasteiger partial charge in [-0.15, -0.1) is 0 Å². The van der Waals surface area contributed by atoms with Gasteiger partial charge in [0.15, 0.2) is 0 Å². The zero-order valence-electron chi connectivity index (χ0n) is 15.4. The molecule has 1 aliphatic rings. The van der Waals surface area contributed by atoms with Crippen LogP contribution >= 0.6 is 0 Å². The third-order valence-electron chi connectivity index (χ3n) is 4.85. The number of piperazine rings is 1. The number of hydrogen-bond acceptors (Lipinski definition) is 2. The van der Waals surface area contributed by atoms with Gasteiger partial charge in [0.2, 0.25) is 0 Å². The minimum atomic E-state index is 0.0302. The van der Waals surface area contributed by atoms with E-state index in [2.05, 4.69) is 61.3 Å². The summed E-state index contributed by atoms with van der Waals surface area (Å²) in [5, 5.41) is 3.04. The fourth-order valence-electron chi connectivity index (χ4n) is 3.55. The van der Waals surface area contributed by atoms with Crippen LogP contribution in [0.1, 0.15) is 22.3 Å². The molecule has 1 aliphatic heterocycles. The van der Waals surface area contributed by atoms with Gasteiger partial charge in [-0.1, -0.05) is 48.0 Å². The summed E-state index contributed by atoms with van der Waals surface area (Å²) in [5.41, 5.74) is 6.29. The highest BCUT2D eigenvalue weighted by molar-refractivity contribution is 5.74. The molecule has 132 valence electrons. The molecule has 1 saturated heterocycles. The van der Waals surface area contributed by atoms with Crippen molar-refractivity contribution in [3.8, 4) is 0 Å². The molecular formula is C21H27N3O. The summed E-state index contributed by atoms with van der Waals surface area (Å²) in [6.45, 7) is 10.2. The van der Waals surface area contributed by atoms with Gasteiger partial charge >= 0.3 is 6.03 Å². The summed E-state index contributed by atoms with van der Waals surface area (Å²) in [5.74, 6) is 0. The Morgan fingerprint density at radius 2 is 1.60 bits per heavy atom. The van der Waals surface area contributed by atoms with E-state index in [0.29, 0.717) is 6.54 Å². The molecule has 0 atom stereocenters. The molecule has 1 heterocycles. The molecule has 3 rings (SSSR count). The standard InChI is InChI=1S/C21H27N3O/c1-16-6-4-9-19(14-16)15-22-21(25)24-12-10-23(11-13-24)20-17(2)7-5-8-18(20)3/h4-9,14H,10-13,15H2,1-3H3,(H,22,25). The summed E-state index contributed by atoms with van der Waals surface area (Å²) in [6.07, 6.45) is 0. The Morgan fingerprint density at radius 1 is 0.960 bits per heavy atom. The summed E-state index contributed by atoms with van der Waals surface area (Å²) in [6, 6.07) is 14.7. The highest BCUT2D eigenvalue weighted by Crippen LogP contribution is 2.25. The van der Waals surface area contributed by atoms with Crippen molar-refractivity contribution < 1.29 is 4.79 Å². The van der Waals surface area contributed by atoms with Crippen LogP contribution in [0.15, 0.2) is 42.5 Å². The normalized spacial score (nSPS) is 14.5. The Hall–Kier alpha value is -2.49. The van der Waals surface area contributed by atoms with Gasteiger partial charge in [0.05, 0.1) is 0 Å². The second-order valence-electron chi connectivity index (χ2n) is 6.86. The number of carbonyl (C=O) groups is 1. The molecule has 2 aromatic carbocycles. The van der Waals surface area contributed by atoms with Gasteiger partial charge in [-0.2, -0.15) is 0 Å². The molecule has 0 spiro atoms. The first-order chi connectivity index (χ1) is 12.0. The minimum absolute atomic E-state index is 0.0302. The number of aryl methyl sites for hydroxylation is 3. The van der Waals surface area contributed by atoms with E-state index >= 15 is 0 Å². The SMILES string of the molecule is Cc1cccc(CNC(=O)N2CCN(c3c(C)cccc3C)CC2)c1. The minimum Gasteiger partial charge on any atom is -0.368 e. The quantitative estimate of drug-likeness (QED) is 0.928. The van der Waals surface area contributed by atoms with Gasteiger partial charge in [-0.25, -0.2) is 4.79 Å². The van der Waals surface area contributed by atoms with Crippen molar-refractivity contribution in [2.45, 2.75) is 27.3 Å². The molecule has 2 amide bonds. The lowest BCUT2D eigenvalue weighted by Gasteiger charge is -2.37. The molecular weight excluding hydrogens is 310 g/mol. The number of nitrogens with one attached hydrogen (secondary N) is 1. The Kier molecular flexibility index (Phi) is 5.27. The molecule has 0 aliphatic carbocycles. The first kappa shape index (κ1) is 17.3. The van der Waals surface area contributed by atoms with Crippen molar-refractivity contribution in [3.05, 3.63) is 64.7 Å². The lowest BCUT2D eigenvalue weighted by molar-refractivity contribution is 0.194. The van der Waals surface area contributed by atoms with E-state index in [-0.39, 0.29) is 6.03 Å².